The molecule has 0 unspecified atom stereocenters. The molecule has 0 aliphatic rings. The molecule has 0 atom stereocenters. The predicted molar refractivity (Wildman–Crippen MR) is 105 cm³/mol. The Bertz CT molecular complexity index is 815. The maximum atomic E-state index is 5.82. The number of rotatable bonds is 8. The number of allylic oxidation sites excluding steroid dienone is 2. The average molecular weight is 336 g/mol. The molecule has 130 valence electrons. The third kappa shape index (κ3) is 4.88. The SMILES string of the molecule is C=C/C(N)=C(\C=C)NCc1ccc(C=Nc2ccc(C)cc2NC)o1. The fourth-order valence-corrected chi connectivity index (χ4v) is 2.24. The summed E-state index contributed by atoms with van der Waals surface area (Å²) in [5.41, 5.74) is 10.1. The van der Waals surface area contributed by atoms with Gasteiger partial charge in [-0.25, -0.2) is 0 Å². The van der Waals surface area contributed by atoms with Crippen LogP contribution >= 0.6 is 0 Å². The number of aliphatic imine (C=N–C) groups is 1. The molecule has 0 aliphatic carbocycles. The first kappa shape index (κ1) is 18.1. The molecule has 4 N–H and O–H groups in total. The Kier molecular flexibility index (Phi) is 6.23. The van der Waals surface area contributed by atoms with Gasteiger partial charge in [0.2, 0.25) is 0 Å². The van der Waals surface area contributed by atoms with E-state index >= 15 is 0 Å². The van der Waals surface area contributed by atoms with Gasteiger partial charge in [0, 0.05) is 7.05 Å². The summed E-state index contributed by atoms with van der Waals surface area (Å²) in [4.78, 5) is 4.49. The lowest BCUT2D eigenvalue weighted by Gasteiger charge is -2.07. The van der Waals surface area contributed by atoms with Crippen molar-refractivity contribution in [2.45, 2.75) is 13.5 Å². The van der Waals surface area contributed by atoms with E-state index in [0.717, 1.165) is 22.8 Å². The summed E-state index contributed by atoms with van der Waals surface area (Å²) in [5, 5.41) is 6.31. The first-order valence-electron chi connectivity index (χ1n) is 7.97. The van der Waals surface area contributed by atoms with Crippen molar-refractivity contribution in [1.82, 2.24) is 5.32 Å². The number of nitrogens with one attached hydrogen (secondary N) is 2. The second-order valence-electron chi connectivity index (χ2n) is 5.46. The van der Waals surface area contributed by atoms with E-state index in [4.69, 9.17) is 10.2 Å². The summed E-state index contributed by atoms with van der Waals surface area (Å²) in [6, 6.07) is 9.83. The number of hydrogen-bond donors (Lipinski definition) is 3. The third-order valence-corrected chi connectivity index (χ3v) is 3.62. The van der Waals surface area contributed by atoms with Crippen molar-refractivity contribution < 1.29 is 4.42 Å². The minimum absolute atomic E-state index is 0.496. The molecule has 0 saturated heterocycles. The van der Waals surface area contributed by atoms with Crippen LogP contribution in [0.5, 0.6) is 0 Å². The Hall–Kier alpha value is -3.21. The number of anilines is 1. The second-order valence-corrected chi connectivity index (χ2v) is 5.46. The van der Waals surface area contributed by atoms with Gasteiger partial charge in [0.15, 0.2) is 0 Å². The van der Waals surface area contributed by atoms with Gasteiger partial charge in [-0.15, -0.1) is 0 Å². The van der Waals surface area contributed by atoms with Crippen molar-refractivity contribution in [3.63, 3.8) is 0 Å². The van der Waals surface area contributed by atoms with Crippen molar-refractivity contribution in [3.8, 4) is 0 Å². The summed E-state index contributed by atoms with van der Waals surface area (Å²) >= 11 is 0. The summed E-state index contributed by atoms with van der Waals surface area (Å²) in [6.45, 7) is 9.91. The first-order valence-corrected chi connectivity index (χ1v) is 7.97. The number of nitrogens with zero attached hydrogens (tertiary/aromatic N) is 1. The number of nitrogens with two attached hydrogens (primary N) is 1. The lowest BCUT2D eigenvalue weighted by molar-refractivity contribution is 0.492. The zero-order valence-corrected chi connectivity index (χ0v) is 14.7. The minimum Gasteiger partial charge on any atom is -0.458 e. The van der Waals surface area contributed by atoms with Gasteiger partial charge in [0.1, 0.15) is 11.5 Å². The van der Waals surface area contributed by atoms with Crippen molar-refractivity contribution in [1.29, 1.82) is 0 Å². The normalized spacial score (nSPS) is 11.9. The van der Waals surface area contributed by atoms with E-state index in [1.807, 2.05) is 38.2 Å². The maximum Gasteiger partial charge on any atom is 0.145 e. The number of benzene rings is 1. The fraction of sp³-hybridized carbons (Fsp3) is 0.150. The summed E-state index contributed by atoms with van der Waals surface area (Å²) < 4.78 is 5.76. The van der Waals surface area contributed by atoms with Crippen molar-refractivity contribution in [2.75, 3.05) is 12.4 Å². The first-order chi connectivity index (χ1) is 12.1. The Morgan fingerprint density at radius 3 is 2.72 bits per heavy atom. The van der Waals surface area contributed by atoms with Gasteiger partial charge < -0.3 is 20.8 Å². The van der Waals surface area contributed by atoms with Crippen LogP contribution in [0, 0.1) is 6.92 Å². The van der Waals surface area contributed by atoms with Crippen LogP contribution in [0.25, 0.3) is 0 Å². The Morgan fingerprint density at radius 2 is 2.04 bits per heavy atom. The molecule has 1 aromatic carbocycles. The molecule has 5 nitrogen and oxygen atoms in total. The smallest absolute Gasteiger partial charge is 0.145 e. The molecule has 0 radical (unpaired) electrons. The fourth-order valence-electron chi connectivity index (χ4n) is 2.24. The Labute approximate surface area is 148 Å². The van der Waals surface area contributed by atoms with Crippen LogP contribution < -0.4 is 16.4 Å². The molecule has 25 heavy (non-hydrogen) atoms. The van der Waals surface area contributed by atoms with Crippen molar-refractivity contribution in [2.24, 2.45) is 10.7 Å². The molecule has 0 fully saturated rings. The van der Waals surface area contributed by atoms with Gasteiger partial charge >= 0.3 is 0 Å². The summed E-state index contributed by atoms with van der Waals surface area (Å²) in [7, 11) is 1.88. The summed E-state index contributed by atoms with van der Waals surface area (Å²) in [6.07, 6.45) is 4.93. The molecule has 0 bridgehead atoms. The van der Waals surface area contributed by atoms with Crippen LogP contribution in [-0.4, -0.2) is 13.3 Å². The Balaban J connectivity index is 2.07. The molecule has 1 heterocycles. The van der Waals surface area contributed by atoms with Crippen LogP contribution in [-0.2, 0) is 6.54 Å². The topological polar surface area (TPSA) is 75.6 Å². The van der Waals surface area contributed by atoms with E-state index in [2.05, 4.69) is 34.9 Å². The lowest BCUT2D eigenvalue weighted by atomic mass is 10.2. The van der Waals surface area contributed by atoms with Gasteiger partial charge in [-0.05, 0) is 48.9 Å². The van der Waals surface area contributed by atoms with Gasteiger partial charge in [-0.2, -0.15) is 0 Å². The largest absolute Gasteiger partial charge is 0.458 e. The Morgan fingerprint density at radius 1 is 1.24 bits per heavy atom. The zero-order chi connectivity index (χ0) is 18.2. The van der Waals surface area contributed by atoms with Crippen LogP contribution in [0.4, 0.5) is 11.4 Å². The second kappa shape index (κ2) is 8.59. The standard InChI is InChI=1S/C20H24N4O/c1-5-17(21)18(6-2)23-12-15-8-9-16(25-15)13-24-19-10-7-14(3)11-20(19)22-4/h5-11,13,22-23H,1-2,12,21H2,3-4H3/b18-17-,24-13?. The molecular formula is C20H24N4O. The predicted octanol–water partition coefficient (Wildman–Crippen LogP) is 4.01. The van der Waals surface area contributed by atoms with E-state index < -0.39 is 0 Å². The van der Waals surface area contributed by atoms with Gasteiger partial charge in [-0.3, -0.25) is 4.99 Å². The molecule has 2 aromatic rings. The van der Waals surface area contributed by atoms with Gasteiger partial charge in [-0.1, -0.05) is 19.2 Å². The number of aryl methyl sites for hydroxylation is 1. The molecule has 0 aliphatic heterocycles. The molecule has 2 rings (SSSR count). The monoisotopic (exact) mass is 336 g/mol. The molecule has 0 amide bonds. The van der Waals surface area contributed by atoms with E-state index in [9.17, 15) is 0 Å². The average Bonchev–Trinajstić information content (AvgIpc) is 3.08. The van der Waals surface area contributed by atoms with Gasteiger partial charge in [0.25, 0.3) is 0 Å². The van der Waals surface area contributed by atoms with Gasteiger partial charge in [0.05, 0.1) is 35.5 Å². The van der Waals surface area contributed by atoms with Crippen molar-refractivity contribution >= 4 is 17.6 Å². The molecule has 0 saturated carbocycles. The van der Waals surface area contributed by atoms with Crippen LogP contribution in [0.1, 0.15) is 17.1 Å². The zero-order valence-electron chi connectivity index (χ0n) is 14.7. The highest BCUT2D eigenvalue weighted by Gasteiger charge is 2.03. The van der Waals surface area contributed by atoms with Crippen LogP contribution in [0.15, 0.2) is 76.4 Å². The van der Waals surface area contributed by atoms with Crippen LogP contribution in [0.3, 0.4) is 0 Å². The molecule has 0 spiro atoms. The molecule has 1 aromatic heterocycles. The van der Waals surface area contributed by atoms with Crippen molar-refractivity contribution in [3.05, 3.63) is 84.1 Å². The van der Waals surface area contributed by atoms with E-state index in [-0.39, 0.29) is 0 Å². The third-order valence-electron chi connectivity index (χ3n) is 3.62. The van der Waals surface area contributed by atoms with E-state index in [0.29, 0.717) is 18.0 Å². The number of hydrogen-bond acceptors (Lipinski definition) is 5. The van der Waals surface area contributed by atoms with E-state index in [1.165, 1.54) is 5.56 Å². The maximum absolute atomic E-state index is 5.82. The molecular weight excluding hydrogens is 312 g/mol. The highest BCUT2D eigenvalue weighted by molar-refractivity contribution is 5.81. The highest BCUT2D eigenvalue weighted by Crippen LogP contribution is 2.25. The molecule has 5 heteroatoms. The quantitative estimate of drug-likeness (QED) is 0.503. The van der Waals surface area contributed by atoms with Crippen LogP contribution in [0.2, 0.25) is 0 Å². The highest BCUT2D eigenvalue weighted by atomic mass is 16.3. The van der Waals surface area contributed by atoms with E-state index in [1.54, 1.807) is 18.4 Å². The number of furan rings is 1. The summed E-state index contributed by atoms with van der Waals surface area (Å²) in [5.74, 6) is 1.45. The minimum atomic E-state index is 0.496. The lowest BCUT2D eigenvalue weighted by Crippen LogP contribution is -2.15.